The van der Waals surface area contributed by atoms with Crippen LogP contribution >= 0.6 is 12.6 Å². The molecule has 0 bridgehead atoms. The highest BCUT2D eigenvalue weighted by Crippen LogP contribution is 2.28. The lowest BCUT2D eigenvalue weighted by atomic mass is 10.1. The Morgan fingerprint density at radius 2 is 1.81 bits per heavy atom. The van der Waals surface area contributed by atoms with E-state index in [-0.39, 0.29) is 5.56 Å². The van der Waals surface area contributed by atoms with E-state index in [1.807, 2.05) is 31.2 Å². The SMILES string of the molecule is COc1ccc(Cn2cc(-c3cc(C)nc(S)n3)ccc2=O)cc1OC. The van der Waals surface area contributed by atoms with E-state index < -0.39 is 0 Å². The minimum atomic E-state index is -0.0968. The van der Waals surface area contributed by atoms with Crippen molar-refractivity contribution < 1.29 is 9.47 Å². The van der Waals surface area contributed by atoms with Gasteiger partial charge in [0, 0.05) is 23.5 Å². The van der Waals surface area contributed by atoms with Gasteiger partial charge in [0.1, 0.15) is 0 Å². The van der Waals surface area contributed by atoms with Gasteiger partial charge >= 0.3 is 0 Å². The lowest BCUT2D eigenvalue weighted by Gasteiger charge is -2.12. The molecule has 0 unspecified atom stereocenters. The molecule has 0 aliphatic carbocycles. The second kappa shape index (κ2) is 7.61. The standard InChI is InChI=1S/C19H19N3O3S/c1-12-8-15(21-19(26)20-12)14-5-7-18(23)22(11-14)10-13-4-6-16(24-2)17(9-13)25-3/h4-9,11H,10H2,1-3H3,(H,20,21,26). The fourth-order valence-electron chi connectivity index (χ4n) is 2.68. The van der Waals surface area contributed by atoms with Crippen molar-refractivity contribution in [2.24, 2.45) is 0 Å². The van der Waals surface area contributed by atoms with Crippen molar-refractivity contribution in [3.8, 4) is 22.8 Å². The molecule has 0 fully saturated rings. The molecule has 0 amide bonds. The summed E-state index contributed by atoms with van der Waals surface area (Å²) in [4.78, 5) is 20.8. The number of pyridine rings is 1. The molecule has 0 aliphatic heterocycles. The van der Waals surface area contributed by atoms with Crippen molar-refractivity contribution in [3.05, 3.63) is 64.2 Å². The average Bonchev–Trinajstić information content (AvgIpc) is 2.62. The molecule has 0 spiro atoms. The molecule has 7 heteroatoms. The summed E-state index contributed by atoms with van der Waals surface area (Å²) in [6, 6.07) is 10.7. The molecule has 26 heavy (non-hydrogen) atoms. The van der Waals surface area contributed by atoms with Crippen molar-refractivity contribution in [2.45, 2.75) is 18.6 Å². The zero-order valence-electron chi connectivity index (χ0n) is 14.8. The number of ether oxygens (including phenoxy) is 2. The normalized spacial score (nSPS) is 10.6. The van der Waals surface area contributed by atoms with Gasteiger partial charge in [0.05, 0.1) is 26.5 Å². The van der Waals surface area contributed by atoms with Crippen LogP contribution in [0.2, 0.25) is 0 Å². The monoisotopic (exact) mass is 369 g/mol. The topological polar surface area (TPSA) is 66.2 Å². The lowest BCUT2D eigenvalue weighted by Crippen LogP contribution is -2.19. The number of rotatable bonds is 5. The van der Waals surface area contributed by atoms with Gasteiger partial charge in [-0.25, -0.2) is 9.97 Å². The van der Waals surface area contributed by atoms with E-state index in [4.69, 9.17) is 9.47 Å². The molecule has 134 valence electrons. The molecule has 3 rings (SSSR count). The van der Waals surface area contributed by atoms with Gasteiger partial charge in [0.25, 0.3) is 5.56 Å². The summed E-state index contributed by atoms with van der Waals surface area (Å²) in [6.45, 7) is 2.29. The lowest BCUT2D eigenvalue weighted by molar-refractivity contribution is 0.354. The number of aryl methyl sites for hydroxylation is 1. The van der Waals surface area contributed by atoms with Gasteiger partial charge in [-0.2, -0.15) is 0 Å². The van der Waals surface area contributed by atoms with Gasteiger partial charge in [0.2, 0.25) is 0 Å². The summed E-state index contributed by atoms with van der Waals surface area (Å²) < 4.78 is 12.2. The molecule has 0 saturated heterocycles. The number of hydrogen-bond donors (Lipinski definition) is 1. The minimum absolute atomic E-state index is 0.0968. The Morgan fingerprint density at radius 3 is 2.50 bits per heavy atom. The van der Waals surface area contributed by atoms with Crippen molar-refractivity contribution in [3.63, 3.8) is 0 Å². The first-order chi connectivity index (χ1) is 12.5. The first-order valence-corrected chi connectivity index (χ1v) is 8.41. The van der Waals surface area contributed by atoms with E-state index in [0.717, 1.165) is 22.5 Å². The smallest absolute Gasteiger partial charge is 0.250 e. The molecule has 2 aromatic heterocycles. The van der Waals surface area contributed by atoms with Crippen LogP contribution in [-0.4, -0.2) is 28.8 Å². The van der Waals surface area contributed by atoms with Crippen LogP contribution in [0.4, 0.5) is 0 Å². The molecule has 1 aromatic carbocycles. The third kappa shape index (κ3) is 3.88. The highest BCUT2D eigenvalue weighted by Gasteiger charge is 2.08. The van der Waals surface area contributed by atoms with Crippen molar-refractivity contribution in [2.75, 3.05) is 14.2 Å². The first kappa shape index (κ1) is 18.0. The average molecular weight is 369 g/mol. The van der Waals surface area contributed by atoms with E-state index in [9.17, 15) is 4.79 Å². The Labute approximate surface area is 156 Å². The van der Waals surface area contributed by atoms with Gasteiger partial charge in [-0.1, -0.05) is 6.07 Å². The van der Waals surface area contributed by atoms with Gasteiger partial charge in [-0.05, 0) is 36.8 Å². The molecule has 2 heterocycles. The number of methoxy groups -OCH3 is 2. The van der Waals surface area contributed by atoms with Crippen LogP contribution in [0.15, 0.2) is 52.5 Å². The quantitative estimate of drug-likeness (QED) is 0.553. The predicted octanol–water partition coefficient (Wildman–Crippen LogP) is 2.97. The maximum atomic E-state index is 12.3. The van der Waals surface area contributed by atoms with Gasteiger partial charge in [-0.15, -0.1) is 12.6 Å². The predicted molar refractivity (Wildman–Crippen MR) is 102 cm³/mol. The Hall–Kier alpha value is -2.80. The number of hydrogen-bond acceptors (Lipinski definition) is 6. The van der Waals surface area contributed by atoms with Crippen molar-refractivity contribution in [1.29, 1.82) is 0 Å². The molecule has 3 aromatic rings. The Kier molecular flexibility index (Phi) is 5.27. The van der Waals surface area contributed by atoms with Crippen molar-refractivity contribution in [1.82, 2.24) is 14.5 Å². The number of nitrogens with zero attached hydrogens (tertiary/aromatic N) is 3. The molecular formula is C19H19N3O3S. The summed E-state index contributed by atoms with van der Waals surface area (Å²) in [5, 5.41) is 0.401. The van der Waals surface area contributed by atoms with Crippen LogP contribution in [-0.2, 0) is 6.54 Å². The maximum absolute atomic E-state index is 12.3. The third-order valence-electron chi connectivity index (χ3n) is 3.92. The number of thiol groups is 1. The zero-order chi connectivity index (χ0) is 18.7. The van der Waals surface area contributed by atoms with Crippen LogP contribution in [0.5, 0.6) is 11.5 Å². The molecule has 0 aliphatic rings. The Balaban J connectivity index is 1.97. The largest absolute Gasteiger partial charge is 0.493 e. The van der Waals surface area contributed by atoms with E-state index in [1.165, 1.54) is 6.07 Å². The van der Waals surface area contributed by atoms with E-state index in [1.54, 1.807) is 31.0 Å². The second-order valence-corrected chi connectivity index (χ2v) is 6.17. The molecule has 0 N–H and O–H groups in total. The summed E-state index contributed by atoms with van der Waals surface area (Å²) in [5.74, 6) is 1.27. The maximum Gasteiger partial charge on any atom is 0.250 e. The summed E-state index contributed by atoms with van der Waals surface area (Å²) in [7, 11) is 3.17. The Morgan fingerprint density at radius 1 is 1.04 bits per heavy atom. The van der Waals surface area contributed by atoms with E-state index >= 15 is 0 Å². The van der Waals surface area contributed by atoms with E-state index in [0.29, 0.717) is 23.2 Å². The van der Waals surface area contributed by atoms with Crippen LogP contribution in [0.1, 0.15) is 11.3 Å². The highest BCUT2D eigenvalue weighted by atomic mass is 32.1. The van der Waals surface area contributed by atoms with Gasteiger partial charge < -0.3 is 14.0 Å². The highest BCUT2D eigenvalue weighted by molar-refractivity contribution is 7.80. The first-order valence-electron chi connectivity index (χ1n) is 7.96. The second-order valence-electron chi connectivity index (χ2n) is 5.77. The van der Waals surface area contributed by atoms with Crippen LogP contribution in [0.3, 0.4) is 0 Å². The van der Waals surface area contributed by atoms with Gasteiger partial charge in [0.15, 0.2) is 16.7 Å². The summed E-state index contributed by atoms with van der Waals surface area (Å²) in [6.07, 6.45) is 1.79. The molecule has 0 radical (unpaired) electrons. The van der Waals surface area contributed by atoms with E-state index in [2.05, 4.69) is 22.6 Å². The summed E-state index contributed by atoms with van der Waals surface area (Å²) >= 11 is 4.22. The van der Waals surface area contributed by atoms with Crippen molar-refractivity contribution >= 4 is 12.6 Å². The van der Waals surface area contributed by atoms with Gasteiger partial charge in [-0.3, -0.25) is 4.79 Å². The van der Waals surface area contributed by atoms with Crippen LogP contribution in [0, 0.1) is 6.92 Å². The molecule has 0 atom stereocenters. The third-order valence-corrected chi connectivity index (χ3v) is 4.12. The zero-order valence-corrected chi connectivity index (χ0v) is 15.7. The fraction of sp³-hybridized carbons (Fsp3) is 0.211. The summed E-state index contributed by atoms with van der Waals surface area (Å²) in [5.41, 5.74) is 3.20. The minimum Gasteiger partial charge on any atom is -0.493 e. The fourth-order valence-corrected chi connectivity index (χ4v) is 2.95. The van der Waals surface area contributed by atoms with Crippen LogP contribution in [0.25, 0.3) is 11.3 Å². The number of benzene rings is 1. The molecular weight excluding hydrogens is 350 g/mol. The number of aromatic nitrogens is 3. The molecule has 6 nitrogen and oxygen atoms in total. The molecule has 0 saturated carbocycles. The van der Waals surface area contributed by atoms with Crippen LogP contribution < -0.4 is 15.0 Å². The Bertz CT molecular complexity index is 981.